The van der Waals surface area contributed by atoms with Gasteiger partial charge < -0.3 is 10.0 Å². The smallest absolute Gasteiger partial charge is 0.310 e. The van der Waals surface area contributed by atoms with Gasteiger partial charge in [-0.1, -0.05) is 0 Å². The summed E-state index contributed by atoms with van der Waals surface area (Å²) >= 11 is 0. The molecule has 1 saturated heterocycles. The van der Waals surface area contributed by atoms with Gasteiger partial charge >= 0.3 is 5.97 Å². The van der Waals surface area contributed by atoms with Gasteiger partial charge in [0.15, 0.2) is 0 Å². The van der Waals surface area contributed by atoms with Gasteiger partial charge in [0.05, 0.1) is 0 Å². The molecule has 0 saturated carbocycles. The average Bonchev–Trinajstić information content (AvgIpc) is 2.10. The summed E-state index contributed by atoms with van der Waals surface area (Å²) < 4.78 is 12.7. The van der Waals surface area contributed by atoms with Crippen LogP contribution >= 0.6 is 0 Å². The van der Waals surface area contributed by atoms with Crippen LogP contribution in [0.3, 0.4) is 0 Å². The number of aliphatic carboxylic acids is 1. The predicted molar refractivity (Wildman–Crippen MR) is 33.5 cm³/mol. The first-order valence-corrected chi connectivity index (χ1v) is 3.16. The van der Waals surface area contributed by atoms with Gasteiger partial charge in [0.2, 0.25) is 0 Å². The largest absolute Gasteiger partial charge is 0.481 e. The number of likely N-dealkylation sites (tertiary alicyclic amines) is 1. The summed E-state index contributed by atoms with van der Waals surface area (Å²) in [5, 5.41) is 8.43. The van der Waals surface area contributed by atoms with Crippen molar-refractivity contribution < 1.29 is 14.3 Å². The molecule has 0 aromatic rings. The summed E-state index contributed by atoms with van der Waals surface area (Å²) in [6.07, 6.45) is -1.19. The Morgan fingerprint density at radius 3 is 2.50 bits per heavy atom. The lowest BCUT2D eigenvalue weighted by Crippen LogP contribution is -2.22. The lowest BCUT2D eigenvalue weighted by molar-refractivity contribution is -0.142. The Kier molecular flexibility index (Phi) is 1.89. The van der Waals surface area contributed by atoms with Gasteiger partial charge in [-0.2, -0.15) is 0 Å². The maximum atomic E-state index is 12.7. The second kappa shape index (κ2) is 2.54. The number of nitrogens with zero attached hydrogens (tertiary/aromatic N) is 1. The topological polar surface area (TPSA) is 40.5 Å². The van der Waals surface area contributed by atoms with Crippen molar-refractivity contribution in [2.24, 2.45) is 5.92 Å². The lowest BCUT2D eigenvalue weighted by atomic mass is 10.1. The maximum absolute atomic E-state index is 12.7. The van der Waals surface area contributed by atoms with Crippen molar-refractivity contribution in [2.45, 2.75) is 6.17 Å². The summed E-state index contributed by atoms with van der Waals surface area (Å²) in [7, 11) is 1.72. The van der Waals surface area contributed by atoms with Crippen LogP contribution in [0.4, 0.5) is 4.39 Å². The SMILES string of the molecule is CN1CC(F)C(C(=O)O)C1. The van der Waals surface area contributed by atoms with Crippen molar-refractivity contribution in [3.63, 3.8) is 0 Å². The van der Waals surface area contributed by atoms with E-state index in [1.807, 2.05) is 0 Å². The Morgan fingerprint density at radius 2 is 2.30 bits per heavy atom. The molecule has 0 aliphatic carbocycles. The van der Waals surface area contributed by atoms with Crippen LogP contribution in [0.1, 0.15) is 0 Å². The van der Waals surface area contributed by atoms with Gasteiger partial charge in [0.1, 0.15) is 12.1 Å². The van der Waals surface area contributed by atoms with Gasteiger partial charge in [-0.25, -0.2) is 4.39 Å². The number of alkyl halides is 1. The minimum Gasteiger partial charge on any atom is -0.481 e. The fraction of sp³-hybridized carbons (Fsp3) is 0.833. The van der Waals surface area contributed by atoms with E-state index >= 15 is 0 Å². The Balaban J connectivity index is 2.54. The molecule has 1 heterocycles. The second-order valence-corrected chi connectivity index (χ2v) is 2.68. The Labute approximate surface area is 58.4 Å². The summed E-state index contributed by atoms with van der Waals surface area (Å²) in [5.74, 6) is -1.85. The number of carboxylic acids is 1. The zero-order chi connectivity index (χ0) is 7.72. The molecule has 2 unspecified atom stereocenters. The maximum Gasteiger partial charge on any atom is 0.310 e. The molecule has 1 fully saturated rings. The zero-order valence-electron chi connectivity index (χ0n) is 5.75. The molecule has 1 aliphatic rings. The minimum absolute atomic E-state index is 0.247. The fourth-order valence-electron chi connectivity index (χ4n) is 1.18. The van der Waals surface area contributed by atoms with Crippen LogP contribution in [-0.2, 0) is 4.79 Å². The standard InChI is InChI=1S/C6H10FNO2/c1-8-2-4(6(9)10)5(7)3-8/h4-5H,2-3H2,1H3,(H,9,10). The highest BCUT2D eigenvalue weighted by atomic mass is 19.1. The van der Waals surface area contributed by atoms with E-state index in [0.717, 1.165) is 0 Å². The van der Waals surface area contributed by atoms with Crippen LogP contribution in [0.15, 0.2) is 0 Å². The van der Waals surface area contributed by atoms with E-state index in [1.54, 1.807) is 11.9 Å². The average molecular weight is 147 g/mol. The molecule has 2 atom stereocenters. The van der Waals surface area contributed by atoms with Crippen LogP contribution < -0.4 is 0 Å². The normalized spacial score (nSPS) is 34.6. The molecule has 10 heavy (non-hydrogen) atoms. The first-order valence-electron chi connectivity index (χ1n) is 3.16. The van der Waals surface area contributed by atoms with Crippen LogP contribution in [-0.4, -0.2) is 42.3 Å². The van der Waals surface area contributed by atoms with Crippen LogP contribution in [0.2, 0.25) is 0 Å². The van der Waals surface area contributed by atoms with E-state index in [2.05, 4.69) is 0 Å². The van der Waals surface area contributed by atoms with Crippen molar-refractivity contribution in [1.29, 1.82) is 0 Å². The van der Waals surface area contributed by atoms with Crippen molar-refractivity contribution >= 4 is 5.97 Å². The predicted octanol–water partition coefficient (Wildman–Crippen LogP) is -0.0293. The Bertz CT molecular complexity index is 151. The van der Waals surface area contributed by atoms with Crippen LogP contribution in [0, 0.1) is 5.92 Å². The molecule has 0 bridgehead atoms. The van der Waals surface area contributed by atoms with Gasteiger partial charge in [0.25, 0.3) is 0 Å². The summed E-state index contributed by atoms with van der Waals surface area (Å²) in [6, 6.07) is 0. The van der Waals surface area contributed by atoms with E-state index < -0.39 is 18.1 Å². The summed E-state index contributed by atoms with van der Waals surface area (Å²) in [4.78, 5) is 12.0. The molecule has 4 heteroatoms. The fourth-order valence-corrected chi connectivity index (χ4v) is 1.18. The quantitative estimate of drug-likeness (QED) is 0.566. The summed E-state index contributed by atoms with van der Waals surface area (Å²) in [5.41, 5.74) is 0. The first kappa shape index (κ1) is 7.47. The molecule has 0 amide bonds. The van der Waals surface area contributed by atoms with E-state index in [4.69, 9.17) is 5.11 Å². The Hall–Kier alpha value is -0.640. The second-order valence-electron chi connectivity index (χ2n) is 2.68. The molecule has 58 valence electrons. The molecular formula is C6H10FNO2. The number of rotatable bonds is 1. The van der Waals surface area contributed by atoms with Crippen molar-refractivity contribution in [2.75, 3.05) is 20.1 Å². The van der Waals surface area contributed by atoms with Gasteiger partial charge in [-0.15, -0.1) is 0 Å². The molecule has 0 radical (unpaired) electrons. The van der Waals surface area contributed by atoms with Gasteiger partial charge in [0, 0.05) is 13.1 Å². The number of halogens is 1. The third kappa shape index (κ3) is 1.26. The van der Waals surface area contributed by atoms with E-state index in [9.17, 15) is 9.18 Å². The summed E-state index contributed by atoms with van der Waals surface area (Å²) in [6.45, 7) is 0.577. The number of carboxylic acid groups (broad SMARTS) is 1. The lowest BCUT2D eigenvalue weighted by Gasteiger charge is -2.03. The van der Waals surface area contributed by atoms with Crippen molar-refractivity contribution in [1.82, 2.24) is 4.90 Å². The molecule has 0 aromatic heterocycles. The van der Waals surface area contributed by atoms with E-state index in [-0.39, 0.29) is 6.54 Å². The molecule has 1 rings (SSSR count). The van der Waals surface area contributed by atoms with Crippen LogP contribution in [0.5, 0.6) is 0 Å². The number of hydrogen-bond acceptors (Lipinski definition) is 2. The molecule has 1 aliphatic heterocycles. The van der Waals surface area contributed by atoms with Crippen molar-refractivity contribution in [3.05, 3.63) is 0 Å². The van der Waals surface area contributed by atoms with Gasteiger partial charge in [-0.05, 0) is 7.05 Å². The Morgan fingerprint density at radius 1 is 1.70 bits per heavy atom. The third-order valence-corrected chi connectivity index (χ3v) is 1.75. The highest BCUT2D eigenvalue weighted by Gasteiger charge is 2.35. The minimum atomic E-state index is -1.19. The molecule has 0 aromatic carbocycles. The highest BCUT2D eigenvalue weighted by Crippen LogP contribution is 2.18. The monoisotopic (exact) mass is 147 g/mol. The van der Waals surface area contributed by atoms with Crippen molar-refractivity contribution in [3.8, 4) is 0 Å². The first-order chi connectivity index (χ1) is 4.61. The molecule has 3 nitrogen and oxygen atoms in total. The zero-order valence-corrected chi connectivity index (χ0v) is 5.75. The van der Waals surface area contributed by atoms with Gasteiger partial charge in [-0.3, -0.25) is 4.79 Å². The van der Waals surface area contributed by atoms with E-state index in [1.165, 1.54) is 0 Å². The van der Waals surface area contributed by atoms with Crippen LogP contribution in [0.25, 0.3) is 0 Å². The van der Waals surface area contributed by atoms with E-state index in [0.29, 0.717) is 6.54 Å². The third-order valence-electron chi connectivity index (χ3n) is 1.75. The molecular weight excluding hydrogens is 137 g/mol. The number of carbonyl (C=O) groups is 1. The molecule has 1 N–H and O–H groups in total. The highest BCUT2D eigenvalue weighted by molar-refractivity contribution is 5.71. The number of hydrogen-bond donors (Lipinski definition) is 1. The molecule has 0 spiro atoms.